The predicted molar refractivity (Wildman–Crippen MR) is 53.0 cm³/mol. The molecule has 0 unspecified atom stereocenters. The summed E-state index contributed by atoms with van der Waals surface area (Å²) in [6, 6.07) is 7.19. The van der Waals surface area contributed by atoms with Gasteiger partial charge in [0.1, 0.15) is 0 Å². The van der Waals surface area contributed by atoms with Gasteiger partial charge in [0.15, 0.2) is 6.26 Å². The van der Waals surface area contributed by atoms with Gasteiger partial charge in [-0.25, -0.2) is 0 Å². The minimum Gasteiger partial charge on any atom is -0.460 e. The molecule has 0 aliphatic rings. The molecule has 1 heterocycles. The molecule has 3 heteroatoms. The average Bonchev–Trinajstić information content (AvgIpc) is 2.62. The zero-order chi connectivity index (χ0) is 9.26. The number of furan rings is 1. The van der Waals surface area contributed by atoms with E-state index in [0.29, 0.717) is 10.0 Å². The first kappa shape index (κ1) is 8.67. The van der Waals surface area contributed by atoms with E-state index in [4.69, 9.17) is 27.6 Å². The summed E-state index contributed by atoms with van der Waals surface area (Å²) >= 11 is 11.9. The summed E-state index contributed by atoms with van der Waals surface area (Å²) in [4.78, 5) is 0. The quantitative estimate of drug-likeness (QED) is 0.694. The van der Waals surface area contributed by atoms with Crippen LogP contribution in [-0.4, -0.2) is 0 Å². The van der Waals surface area contributed by atoms with Gasteiger partial charge in [0.05, 0.1) is 16.3 Å². The number of rotatable bonds is 1. The summed E-state index contributed by atoms with van der Waals surface area (Å²) in [6.07, 6.45) is 4.18. The highest BCUT2D eigenvalue weighted by Gasteiger charge is 2.06. The molecular weight excluding hydrogens is 207 g/mol. The molecule has 65 valence electrons. The standard InChI is InChI=1S/C10H5Cl2O/c11-9-3-1-2-8(10(9)12)7-4-5-13-6-7/h1-4,6H. The highest BCUT2D eigenvalue weighted by atomic mass is 35.5. The Kier molecular flexibility index (Phi) is 2.30. The third kappa shape index (κ3) is 1.58. The summed E-state index contributed by atoms with van der Waals surface area (Å²) < 4.78 is 4.84. The lowest BCUT2D eigenvalue weighted by Crippen LogP contribution is -1.76. The van der Waals surface area contributed by atoms with Gasteiger partial charge in [0.2, 0.25) is 0 Å². The van der Waals surface area contributed by atoms with Crippen molar-refractivity contribution < 1.29 is 4.42 Å². The second-order valence-corrected chi connectivity index (χ2v) is 3.34. The van der Waals surface area contributed by atoms with Crippen LogP contribution in [-0.2, 0) is 0 Å². The molecule has 1 aromatic carbocycles. The highest BCUT2D eigenvalue weighted by Crippen LogP contribution is 2.33. The Morgan fingerprint density at radius 3 is 2.77 bits per heavy atom. The number of halogens is 2. The van der Waals surface area contributed by atoms with Crippen LogP contribution in [0, 0.1) is 6.26 Å². The lowest BCUT2D eigenvalue weighted by atomic mass is 10.1. The third-order valence-corrected chi connectivity index (χ3v) is 2.55. The SMILES string of the molecule is Clc1cccc(-c2c[c]oc2)c1Cl. The van der Waals surface area contributed by atoms with Crippen LogP contribution in [0.2, 0.25) is 10.0 Å². The number of hydrogen-bond donors (Lipinski definition) is 0. The fourth-order valence-electron chi connectivity index (χ4n) is 1.10. The van der Waals surface area contributed by atoms with Gasteiger partial charge in [-0.1, -0.05) is 35.3 Å². The van der Waals surface area contributed by atoms with E-state index in [2.05, 4.69) is 6.26 Å². The Morgan fingerprint density at radius 1 is 1.23 bits per heavy atom. The molecule has 13 heavy (non-hydrogen) atoms. The molecule has 0 spiro atoms. The summed E-state index contributed by atoms with van der Waals surface area (Å²) in [5, 5.41) is 1.08. The van der Waals surface area contributed by atoms with Crippen molar-refractivity contribution in [2.45, 2.75) is 0 Å². The molecule has 1 aromatic heterocycles. The van der Waals surface area contributed by atoms with Crippen molar-refractivity contribution in [3.8, 4) is 11.1 Å². The molecule has 0 amide bonds. The molecule has 0 N–H and O–H groups in total. The maximum absolute atomic E-state index is 6.00. The summed E-state index contributed by atoms with van der Waals surface area (Å²) in [5.41, 5.74) is 1.74. The Hall–Kier alpha value is -0.920. The van der Waals surface area contributed by atoms with E-state index in [-0.39, 0.29) is 0 Å². The van der Waals surface area contributed by atoms with Crippen LogP contribution in [0.4, 0.5) is 0 Å². The molecule has 0 aliphatic carbocycles. The maximum atomic E-state index is 6.00. The summed E-state index contributed by atoms with van der Waals surface area (Å²) in [6.45, 7) is 0. The molecule has 0 saturated heterocycles. The van der Waals surface area contributed by atoms with Gasteiger partial charge in [0, 0.05) is 11.1 Å². The maximum Gasteiger partial charge on any atom is 0.169 e. The van der Waals surface area contributed by atoms with E-state index in [9.17, 15) is 0 Å². The Balaban J connectivity index is 2.59. The van der Waals surface area contributed by atoms with Gasteiger partial charge in [-0.2, -0.15) is 0 Å². The van der Waals surface area contributed by atoms with Crippen LogP contribution in [0.5, 0.6) is 0 Å². The smallest absolute Gasteiger partial charge is 0.169 e. The first-order valence-electron chi connectivity index (χ1n) is 3.68. The van der Waals surface area contributed by atoms with Crippen LogP contribution < -0.4 is 0 Å². The molecule has 0 atom stereocenters. The van der Waals surface area contributed by atoms with E-state index in [1.54, 1.807) is 18.4 Å². The van der Waals surface area contributed by atoms with Crippen molar-refractivity contribution in [3.63, 3.8) is 0 Å². The molecule has 1 radical (unpaired) electrons. The van der Waals surface area contributed by atoms with Gasteiger partial charge in [-0.3, -0.25) is 0 Å². The minimum atomic E-state index is 0.541. The normalized spacial score (nSPS) is 10.3. The molecule has 0 aliphatic heterocycles. The van der Waals surface area contributed by atoms with Crippen LogP contribution in [0.15, 0.2) is 34.9 Å². The predicted octanol–water partition coefficient (Wildman–Crippen LogP) is 4.05. The van der Waals surface area contributed by atoms with E-state index in [1.165, 1.54) is 0 Å². The van der Waals surface area contributed by atoms with Gasteiger partial charge in [-0.05, 0) is 12.1 Å². The van der Waals surface area contributed by atoms with Crippen LogP contribution in [0.3, 0.4) is 0 Å². The second kappa shape index (κ2) is 3.44. The molecule has 2 rings (SSSR count). The van der Waals surface area contributed by atoms with Crippen LogP contribution in [0.1, 0.15) is 0 Å². The first-order chi connectivity index (χ1) is 6.29. The summed E-state index contributed by atoms with van der Waals surface area (Å²) in [5.74, 6) is 0. The van der Waals surface area contributed by atoms with Crippen molar-refractivity contribution in [2.75, 3.05) is 0 Å². The molecular formula is C10H5Cl2O. The van der Waals surface area contributed by atoms with Crippen molar-refractivity contribution in [2.24, 2.45) is 0 Å². The van der Waals surface area contributed by atoms with Crippen molar-refractivity contribution in [3.05, 3.63) is 46.8 Å². The average molecular weight is 212 g/mol. The number of benzene rings is 1. The lowest BCUT2D eigenvalue weighted by Gasteiger charge is -2.01. The van der Waals surface area contributed by atoms with Crippen LogP contribution >= 0.6 is 23.2 Å². The van der Waals surface area contributed by atoms with E-state index in [0.717, 1.165) is 11.1 Å². The molecule has 0 saturated carbocycles. The third-order valence-electron chi connectivity index (χ3n) is 1.73. The molecule has 2 aromatic rings. The van der Waals surface area contributed by atoms with Crippen LogP contribution in [0.25, 0.3) is 11.1 Å². The van der Waals surface area contributed by atoms with Gasteiger partial charge < -0.3 is 4.42 Å². The summed E-state index contributed by atoms with van der Waals surface area (Å²) in [7, 11) is 0. The largest absolute Gasteiger partial charge is 0.460 e. The monoisotopic (exact) mass is 211 g/mol. The fourth-order valence-corrected chi connectivity index (χ4v) is 1.51. The van der Waals surface area contributed by atoms with Crippen molar-refractivity contribution in [1.82, 2.24) is 0 Å². The number of hydrogen-bond acceptors (Lipinski definition) is 1. The van der Waals surface area contributed by atoms with E-state index < -0.39 is 0 Å². The van der Waals surface area contributed by atoms with Gasteiger partial charge in [-0.15, -0.1) is 0 Å². The highest BCUT2D eigenvalue weighted by molar-refractivity contribution is 6.43. The zero-order valence-electron chi connectivity index (χ0n) is 6.55. The first-order valence-corrected chi connectivity index (χ1v) is 4.43. The lowest BCUT2D eigenvalue weighted by molar-refractivity contribution is 0.559. The Bertz CT molecular complexity index is 407. The van der Waals surface area contributed by atoms with Gasteiger partial charge >= 0.3 is 0 Å². The Labute approximate surface area is 85.9 Å². The van der Waals surface area contributed by atoms with E-state index >= 15 is 0 Å². The topological polar surface area (TPSA) is 13.1 Å². The minimum absolute atomic E-state index is 0.541. The second-order valence-electron chi connectivity index (χ2n) is 2.55. The zero-order valence-corrected chi connectivity index (χ0v) is 8.06. The molecule has 0 fully saturated rings. The molecule has 1 nitrogen and oxygen atoms in total. The van der Waals surface area contributed by atoms with Crippen molar-refractivity contribution >= 4 is 23.2 Å². The van der Waals surface area contributed by atoms with Crippen molar-refractivity contribution in [1.29, 1.82) is 0 Å². The van der Waals surface area contributed by atoms with E-state index in [1.807, 2.05) is 12.1 Å². The fraction of sp³-hybridized carbons (Fsp3) is 0. The van der Waals surface area contributed by atoms with Gasteiger partial charge in [0.25, 0.3) is 0 Å². The molecule has 0 bridgehead atoms. The Morgan fingerprint density at radius 2 is 2.08 bits per heavy atom.